The number of hydrogen-bond acceptors (Lipinski definition) is 6. The maximum atomic E-state index is 8.99. The molecule has 0 unspecified atom stereocenters. The summed E-state index contributed by atoms with van der Waals surface area (Å²) in [5.74, 6) is 1.52. The summed E-state index contributed by atoms with van der Waals surface area (Å²) in [4.78, 5) is 12.1. The summed E-state index contributed by atoms with van der Waals surface area (Å²) >= 11 is 0. The monoisotopic (exact) mass is 219 g/mol. The lowest BCUT2D eigenvalue weighted by Gasteiger charge is -2.02. The van der Waals surface area contributed by atoms with Gasteiger partial charge in [0.15, 0.2) is 0 Å². The van der Waals surface area contributed by atoms with E-state index in [0.29, 0.717) is 11.6 Å². The minimum absolute atomic E-state index is 0.123. The Morgan fingerprint density at radius 1 is 1.25 bits per heavy atom. The third-order valence-electron chi connectivity index (χ3n) is 1.99. The van der Waals surface area contributed by atoms with Crippen LogP contribution in [0.5, 0.6) is 0 Å². The smallest absolute Gasteiger partial charge is 0.422 e. The van der Waals surface area contributed by atoms with Gasteiger partial charge in [0, 0.05) is 6.20 Å². The van der Waals surface area contributed by atoms with Crippen molar-refractivity contribution in [3.8, 4) is 5.95 Å². The van der Waals surface area contributed by atoms with Gasteiger partial charge in [-0.25, -0.2) is 15.0 Å². The lowest BCUT2D eigenvalue weighted by molar-refractivity contribution is 0.424. The Hall–Kier alpha value is -1.80. The number of aryl methyl sites for hydroxylation is 2. The third kappa shape index (κ3) is 1.93. The molecule has 8 heteroatoms. The van der Waals surface area contributed by atoms with Gasteiger partial charge in [0.2, 0.25) is 0 Å². The molecule has 0 saturated carbocycles. The van der Waals surface area contributed by atoms with Gasteiger partial charge >= 0.3 is 7.12 Å². The third-order valence-corrected chi connectivity index (χ3v) is 1.99. The molecule has 0 aliphatic rings. The fourth-order valence-electron chi connectivity index (χ4n) is 1.32. The minimum atomic E-state index is -1.62. The normalized spacial score (nSPS) is 10.5. The van der Waals surface area contributed by atoms with E-state index in [1.165, 1.54) is 16.9 Å². The standard InChI is InChI=1S/C8H10BN5O2/c1-5-11-6(2)14(13-5)8-10-4-3-7(12-8)9(15)16/h3-4,15-16H,1-2H3. The maximum absolute atomic E-state index is 8.99. The van der Waals surface area contributed by atoms with Gasteiger partial charge in [0.05, 0.1) is 5.59 Å². The summed E-state index contributed by atoms with van der Waals surface area (Å²) in [6, 6.07) is 1.42. The van der Waals surface area contributed by atoms with E-state index in [1.807, 2.05) is 0 Å². The topological polar surface area (TPSA) is 97.0 Å². The summed E-state index contributed by atoms with van der Waals surface area (Å²) in [5, 5.41) is 22.1. The van der Waals surface area contributed by atoms with Crippen molar-refractivity contribution in [2.24, 2.45) is 0 Å². The second kappa shape index (κ2) is 3.99. The Labute approximate surface area is 92.0 Å². The Morgan fingerprint density at radius 2 is 2.00 bits per heavy atom. The van der Waals surface area contributed by atoms with Gasteiger partial charge in [-0.15, -0.1) is 5.10 Å². The fourth-order valence-corrected chi connectivity index (χ4v) is 1.32. The molecule has 0 radical (unpaired) electrons. The zero-order chi connectivity index (χ0) is 11.7. The minimum Gasteiger partial charge on any atom is -0.422 e. The first-order valence-corrected chi connectivity index (χ1v) is 4.67. The van der Waals surface area contributed by atoms with Crippen LogP contribution in [0, 0.1) is 13.8 Å². The van der Waals surface area contributed by atoms with Crippen LogP contribution in [-0.4, -0.2) is 41.9 Å². The summed E-state index contributed by atoms with van der Waals surface area (Å²) in [6.45, 7) is 3.53. The van der Waals surface area contributed by atoms with Crippen molar-refractivity contribution in [2.45, 2.75) is 13.8 Å². The first kappa shape index (κ1) is 10.7. The first-order chi connectivity index (χ1) is 7.58. The second-order valence-electron chi connectivity index (χ2n) is 3.27. The van der Waals surface area contributed by atoms with Crippen molar-refractivity contribution < 1.29 is 10.0 Å². The molecule has 0 aliphatic carbocycles. The zero-order valence-electron chi connectivity index (χ0n) is 8.86. The summed E-state index contributed by atoms with van der Waals surface area (Å²) in [6.07, 6.45) is 1.44. The molecule has 2 N–H and O–H groups in total. The van der Waals surface area contributed by atoms with Gasteiger partial charge in [-0.05, 0) is 19.9 Å². The summed E-state index contributed by atoms with van der Waals surface area (Å²) in [5.41, 5.74) is 0.123. The lowest BCUT2D eigenvalue weighted by Crippen LogP contribution is -2.33. The summed E-state index contributed by atoms with van der Waals surface area (Å²) in [7, 11) is -1.62. The lowest BCUT2D eigenvalue weighted by atomic mass is 9.86. The van der Waals surface area contributed by atoms with E-state index < -0.39 is 7.12 Å². The first-order valence-electron chi connectivity index (χ1n) is 4.67. The number of hydrogen-bond donors (Lipinski definition) is 2. The van der Waals surface area contributed by atoms with Crippen molar-refractivity contribution in [1.82, 2.24) is 24.7 Å². The molecule has 2 heterocycles. The van der Waals surface area contributed by atoms with Crippen LogP contribution in [0.15, 0.2) is 12.3 Å². The molecule has 2 aromatic rings. The largest absolute Gasteiger partial charge is 0.508 e. The molecule has 7 nitrogen and oxygen atoms in total. The van der Waals surface area contributed by atoms with E-state index in [-0.39, 0.29) is 11.5 Å². The Kier molecular flexibility index (Phi) is 2.67. The quantitative estimate of drug-likeness (QED) is 0.587. The highest BCUT2D eigenvalue weighted by Gasteiger charge is 2.15. The van der Waals surface area contributed by atoms with Gasteiger partial charge in [0.1, 0.15) is 11.6 Å². The van der Waals surface area contributed by atoms with Crippen molar-refractivity contribution in [2.75, 3.05) is 0 Å². The van der Waals surface area contributed by atoms with E-state index in [9.17, 15) is 0 Å². The van der Waals surface area contributed by atoms with E-state index >= 15 is 0 Å². The Balaban J connectivity index is 2.48. The molecule has 82 valence electrons. The fraction of sp³-hybridized carbons (Fsp3) is 0.250. The van der Waals surface area contributed by atoms with E-state index in [0.717, 1.165) is 0 Å². The molecule has 0 atom stereocenters. The van der Waals surface area contributed by atoms with Gasteiger partial charge in [-0.2, -0.15) is 4.68 Å². The van der Waals surface area contributed by atoms with Crippen LogP contribution in [0.25, 0.3) is 5.95 Å². The highest BCUT2D eigenvalue weighted by atomic mass is 16.4. The number of nitrogens with zero attached hydrogens (tertiary/aromatic N) is 5. The van der Waals surface area contributed by atoms with Gasteiger partial charge in [-0.1, -0.05) is 0 Å². The van der Waals surface area contributed by atoms with Crippen LogP contribution in [0.3, 0.4) is 0 Å². The highest BCUT2D eigenvalue weighted by molar-refractivity contribution is 6.57. The van der Waals surface area contributed by atoms with Crippen LogP contribution in [0.1, 0.15) is 11.6 Å². The van der Waals surface area contributed by atoms with Gasteiger partial charge in [0.25, 0.3) is 5.95 Å². The average Bonchev–Trinajstić information content (AvgIpc) is 2.58. The molecule has 16 heavy (non-hydrogen) atoms. The van der Waals surface area contributed by atoms with Crippen molar-refractivity contribution in [3.63, 3.8) is 0 Å². The van der Waals surface area contributed by atoms with Crippen molar-refractivity contribution >= 4 is 12.7 Å². The Morgan fingerprint density at radius 3 is 2.56 bits per heavy atom. The van der Waals surface area contributed by atoms with E-state index in [2.05, 4.69) is 20.1 Å². The predicted molar refractivity (Wildman–Crippen MR) is 56.2 cm³/mol. The van der Waals surface area contributed by atoms with Crippen LogP contribution < -0.4 is 5.59 Å². The predicted octanol–water partition coefficient (Wildman–Crippen LogP) is -1.65. The summed E-state index contributed by atoms with van der Waals surface area (Å²) < 4.78 is 1.45. The highest BCUT2D eigenvalue weighted by Crippen LogP contribution is 2.01. The van der Waals surface area contributed by atoms with Crippen LogP contribution in [0.2, 0.25) is 0 Å². The number of rotatable bonds is 2. The molecule has 0 aromatic carbocycles. The molecule has 0 aliphatic heterocycles. The van der Waals surface area contributed by atoms with E-state index in [4.69, 9.17) is 10.0 Å². The van der Waals surface area contributed by atoms with Crippen LogP contribution >= 0.6 is 0 Å². The average molecular weight is 219 g/mol. The number of aromatic nitrogens is 5. The van der Waals surface area contributed by atoms with Crippen molar-refractivity contribution in [3.05, 3.63) is 23.9 Å². The zero-order valence-corrected chi connectivity index (χ0v) is 8.86. The van der Waals surface area contributed by atoms with Crippen LogP contribution in [0.4, 0.5) is 0 Å². The van der Waals surface area contributed by atoms with Crippen molar-refractivity contribution in [1.29, 1.82) is 0 Å². The molecule has 2 rings (SSSR count). The van der Waals surface area contributed by atoms with Gasteiger partial charge in [-0.3, -0.25) is 0 Å². The van der Waals surface area contributed by atoms with Gasteiger partial charge < -0.3 is 10.0 Å². The van der Waals surface area contributed by atoms with Crippen LogP contribution in [-0.2, 0) is 0 Å². The molecule has 0 spiro atoms. The molecule has 0 saturated heterocycles. The van der Waals surface area contributed by atoms with E-state index in [1.54, 1.807) is 13.8 Å². The second-order valence-corrected chi connectivity index (χ2v) is 3.27. The molecular weight excluding hydrogens is 209 g/mol. The maximum Gasteiger partial charge on any atom is 0.508 e. The molecular formula is C8H10BN5O2. The Bertz CT molecular complexity index is 513. The molecule has 0 amide bonds. The SMILES string of the molecule is Cc1nc(C)n(-c2nccc(B(O)O)n2)n1. The molecule has 2 aromatic heterocycles. The molecule has 0 fully saturated rings. The molecule has 0 bridgehead atoms.